The second-order valence-corrected chi connectivity index (χ2v) is 7.87. The fourth-order valence-electron chi connectivity index (χ4n) is 3.87. The molecule has 7 heteroatoms. The summed E-state index contributed by atoms with van der Waals surface area (Å²) in [7, 11) is 1.60. The van der Waals surface area contributed by atoms with Crippen molar-refractivity contribution in [2.24, 2.45) is 16.8 Å². The molecule has 1 aromatic carbocycles. The molecule has 1 aliphatic rings. The van der Waals surface area contributed by atoms with Gasteiger partial charge in [-0.1, -0.05) is 19.8 Å². The lowest BCUT2D eigenvalue weighted by Crippen LogP contribution is -2.48. The molecule has 1 N–H and O–H groups in total. The van der Waals surface area contributed by atoms with Crippen LogP contribution in [0.4, 0.5) is 18.9 Å². The first-order valence-electron chi connectivity index (χ1n) is 10.1. The summed E-state index contributed by atoms with van der Waals surface area (Å²) in [5.41, 5.74) is -0.281. The van der Waals surface area contributed by atoms with Gasteiger partial charge in [-0.2, -0.15) is 5.26 Å². The zero-order valence-electron chi connectivity index (χ0n) is 17.6. The molecule has 1 fully saturated rings. The van der Waals surface area contributed by atoms with Gasteiger partial charge in [-0.05, 0) is 31.0 Å². The maximum atomic E-state index is 15.1. The smallest absolute Gasteiger partial charge is 0.251 e. The van der Waals surface area contributed by atoms with Crippen molar-refractivity contribution >= 4 is 11.4 Å². The Balaban J connectivity index is 2.22. The number of benzene rings is 1. The highest BCUT2D eigenvalue weighted by molar-refractivity contribution is 5.89. The summed E-state index contributed by atoms with van der Waals surface area (Å²) in [4.78, 5) is 6.13. The third-order valence-electron chi connectivity index (χ3n) is 6.20. The van der Waals surface area contributed by atoms with Gasteiger partial charge in [0.15, 0.2) is 0 Å². The van der Waals surface area contributed by atoms with E-state index in [1.165, 1.54) is 19.1 Å². The molecule has 3 unspecified atom stereocenters. The molecule has 0 aromatic heterocycles. The first-order valence-corrected chi connectivity index (χ1v) is 10.1. The van der Waals surface area contributed by atoms with Crippen molar-refractivity contribution in [3.63, 3.8) is 0 Å². The van der Waals surface area contributed by atoms with Crippen molar-refractivity contribution in [1.29, 1.82) is 5.26 Å². The molecule has 0 aliphatic carbocycles. The van der Waals surface area contributed by atoms with Crippen LogP contribution in [0.1, 0.15) is 45.1 Å². The highest BCUT2D eigenvalue weighted by Gasteiger charge is 2.45. The van der Waals surface area contributed by atoms with Crippen LogP contribution < -0.4 is 4.90 Å². The van der Waals surface area contributed by atoms with Crippen molar-refractivity contribution in [3.8, 4) is 18.4 Å². The van der Waals surface area contributed by atoms with Crippen LogP contribution >= 0.6 is 0 Å². The number of terminal acetylenes is 1. The molecule has 30 heavy (non-hydrogen) atoms. The van der Waals surface area contributed by atoms with E-state index >= 15 is 8.78 Å². The highest BCUT2D eigenvalue weighted by Crippen LogP contribution is 2.39. The molecule has 0 spiro atoms. The van der Waals surface area contributed by atoms with E-state index in [1.54, 1.807) is 20.0 Å². The van der Waals surface area contributed by atoms with Crippen LogP contribution in [0.15, 0.2) is 23.2 Å². The quantitative estimate of drug-likeness (QED) is 0.666. The van der Waals surface area contributed by atoms with E-state index in [0.717, 1.165) is 0 Å². The SMILES string of the molecule is C#CC(O)(CC)CCC(F)(F)C(C)C1CN(c2ccc(F)c(C#N)c2)CC/C1=N/C. The van der Waals surface area contributed by atoms with E-state index in [4.69, 9.17) is 11.7 Å². The Morgan fingerprint density at radius 3 is 2.67 bits per heavy atom. The van der Waals surface area contributed by atoms with E-state index in [9.17, 15) is 9.50 Å². The van der Waals surface area contributed by atoms with Gasteiger partial charge in [-0.15, -0.1) is 6.42 Å². The Bertz CT molecular complexity index is 871. The van der Waals surface area contributed by atoms with Crippen LogP contribution in [-0.4, -0.2) is 42.5 Å². The molecule has 162 valence electrons. The van der Waals surface area contributed by atoms with Gasteiger partial charge in [-0.25, -0.2) is 13.2 Å². The number of anilines is 1. The molecule has 4 nitrogen and oxygen atoms in total. The zero-order valence-corrected chi connectivity index (χ0v) is 17.6. The Hall–Kier alpha value is -2.51. The van der Waals surface area contributed by atoms with Gasteiger partial charge >= 0.3 is 0 Å². The predicted octanol–water partition coefficient (Wildman–Crippen LogP) is 4.42. The van der Waals surface area contributed by atoms with Crippen LogP contribution in [0, 0.1) is 41.3 Å². The van der Waals surface area contributed by atoms with Crippen molar-refractivity contribution in [2.75, 3.05) is 25.0 Å². The normalized spacial score (nSPS) is 21.6. The van der Waals surface area contributed by atoms with Crippen molar-refractivity contribution in [2.45, 2.75) is 51.1 Å². The van der Waals surface area contributed by atoms with E-state index in [-0.39, 0.29) is 24.9 Å². The third-order valence-corrected chi connectivity index (χ3v) is 6.20. The molecule has 0 saturated carbocycles. The number of rotatable bonds is 7. The summed E-state index contributed by atoms with van der Waals surface area (Å²) in [5.74, 6) is -3.00. The molecular weight excluding hydrogens is 391 g/mol. The van der Waals surface area contributed by atoms with Gasteiger partial charge in [0, 0.05) is 56.2 Å². The summed E-state index contributed by atoms with van der Waals surface area (Å²) in [6.07, 6.45) is 5.31. The molecular formula is C23H28F3N3O. The lowest BCUT2D eigenvalue weighted by Gasteiger charge is -2.40. The van der Waals surface area contributed by atoms with Crippen molar-refractivity contribution in [1.82, 2.24) is 0 Å². The molecule has 0 bridgehead atoms. The van der Waals surface area contributed by atoms with E-state index in [2.05, 4.69) is 10.9 Å². The number of nitrogens with zero attached hydrogens (tertiary/aromatic N) is 3. The average Bonchev–Trinajstić information content (AvgIpc) is 2.76. The van der Waals surface area contributed by atoms with Gasteiger partial charge in [0.2, 0.25) is 0 Å². The monoisotopic (exact) mass is 419 g/mol. The summed E-state index contributed by atoms with van der Waals surface area (Å²) < 4.78 is 43.8. The number of aliphatic hydroxyl groups is 1. The maximum Gasteiger partial charge on any atom is 0.251 e. The van der Waals surface area contributed by atoms with Crippen LogP contribution in [0.25, 0.3) is 0 Å². The predicted molar refractivity (Wildman–Crippen MR) is 112 cm³/mol. The maximum absolute atomic E-state index is 15.1. The fourth-order valence-corrected chi connectivity index (χ4v) is 3.87. The number of piperidine rings is 1. The van der Waals surface area contributed by atoms with Crippen molar-refractivity contribution in [3.05, 3.63) is 29.6 Å². The number of hydrogen-bond donors (Lipinski definition) is 1. The van der Waals surface area contributed by atoms with Gasteiger partial charge in [0.25, 0.3) is 5.92 Å². The second kappa shape index (κ2) is 9.53. The first kappa shape index (κ1) is 23.8. The molecule has 1 heterocycles. The van der Waals surface area contributed by atoms with Crippen LogP contribution in [0.5, 0.6) is 0 Å². The molecule has 2 rings (SSSR count). The Kier molecular flexibility index (Phi) is 7.55. The lowest BCUT2D eigenvalue weighted by atomic mass is 9.78. The fraction of sp³-hybridized carbons (Fsp3) is 0.565. The Morgan fingerprint density at radius 2 is 2.10 bits per heavy atom. The standard InChI is InChI=1S/C23H28F3N3O/c1-5-22(30,6-2)10-11-23(25,26)16(3)19-15-29(12-9-21(19)28-4)18-7-8-20(24)17(13-18)14-27/h1,7-8,13,16,19,30H,6,9-12,15H2,2-4H3/b28-21-. The summed E-state index contributed by atoms with van der Waals surface area (Å²) in [6.45, 7) is 3.99. The molecule has 1 aromatic rings. The number of aliphatic imine (C=N–C) groups is 1. The molecule has 0 amide bonds. The highest BCUT2D eigenvalue weighted by atomic mass is 19.3. The minimum absolute atomic E-state index is 0.0782. The number of halogens is 3. The largest absolute Gasteiger partial charge is 0.378 e. The Labute approximate surface area is 176 Å². The lowest BCUT2D eigenvalue weighted by molar-refractivity contribution is -0.0832. The Morgan fingerprint density at radius 1 is 1.40 bits per heavy atom. The summed E-state index contributed by atoms with van der Waals surface area (Å²) in [5, 5.41) is 19.3. The molecule has 0 radical (unpaired) electrons. The van der Waals surface area contributed by atoms with Crippen LogP contribution in [-0.2, 0) is 0 Å². The topological polar surface area (TPSA) is 59.6 Å². The molecule has 1 saturated heterocycles. The third kappa shape index (κ3) is 5.15. The average molecular weight is 419 g/mol. The van der Waals surface area contributed by atoms with Crippen LogP contribution in [0.2, 0.25) is 0 Å². The number of nitriles is 1. The second-order valence-electron chi connectivity index (χ2n) is 7.87. The van der Waals surface area contributed by atoms with Crippen molar-refractivity contribution < 1.29 is 18.3 Å². The summed E-state index contributed by atoms with van der Waals surface area (Å²) >= 11 is 0. The molecule has 3 atom stereocenters. The van der Waals surface area contributed by atoms with E-state index in [1.807, 2.05) is 11.0 Å². The minimum atomic E-state index is -3.05. The van der Waals surface area contributed by atoms with Gasteiger partial charge in [0.1, 0.15) is 17.5 Å². The molecule has 1 aliphatic heterocycles. The number of hydrogen-bond acceptors (Lipinski definition) is 4. The van der Waals surface area contributed by atoms with Gasteiger partial charge < -0.3 is 10.0 Å². The first-order chi connectivity index (χ1) is 14.1. The van der Waals surface area contributed by atoms with E-state index in [0.29, 0.717) is 24.4 Å². The van der Waals surface area contributed by atoms with Gasteiger partial charge in [0.05, 0.1) is 5.56 Å². The zero-order chi connectivity index (χ0) is 22.5. The van der Waals surface area contributed by atoms with Gasteiger partial charge in [-0.3, -0.25) is 4.99 Å². The van der Waals surface area contributed by atoms with Crippen LogP contribution in [0.3, 0.4) is 0 Å². The summed E-state index contributed by atoms with van der Waals surface area (Å²) in [6, 6.07) is 6.02. The van der Waals surface area contributed by atoms with E-state index < -0.39 is 35.6 Å². The number of alkyl halides is 2. The minimum Gasteiger partial charge on any atom is -0.378 e.